The van der Waals surface area contributed by atoms with Crippen LogP contribution in [0.15, 0.2) is 24.3 Å². The Kier molecular flexibility index (Phi) is 5.78. The summed E-state index contributed by atoms with van der Waals surface area (Å²) < 4.78 is 4.56. The maximum atomic E-state index is 11.8. The van der Waals surface area contributed by atoms with Gasteiger partial charge in [0.05, 0.1) is 17.8 Å². The molecule has 0 atom stereocenters. The molecule has 0 aliphatic rings. The molecule has 0 spiro atoms. The van der Waals surface area contributed by atoms with Crippen LogP contribution in [0.2, 0.25) is 0 Å². The number of benzene rings is 1. The maximum absolute atomic E-state index is 11.8. The largest absolute Gasteiger partial charge is 0.456 e. The molecule has 1 aromatic rings. The third-order valence-corrected chi connectivity index (χ3v) is 2.20. The molecule has 20 heavy (non-hydrogen) atoms. The van der Waals surface area contributed by atoms with Gasteiger partial charge in [0, 0.05) is 6.92 Å². The summed E-state index contributed by atoms with van der Waals surface area (Å²) in [4.78, 5) is 34.0. The van der Waals surface area contributed by atoms with E-state index >= 15 is 0 Å². The second-order valence-corrected chi connectivity index (χ2v) is 3.76. The van der Waals surface area contributed by atoms with Crippen molar-refractivity contribution in [2.45, 2.75) is 6.92 Å². The minimum Gasteiger partial charge on any atom is -0.456 e. The molecule has 0 heterocycles. The molecule has 6 heteroatoms. The van der Waals surface area contributed by atoms with Crippen molar-refractivity contribution in [1.29, 1.82) is 0 Å². The van der Waals surface area contributed by atoms with Crippen LogP contribution in [-0.4, -0.2) is 30.9 Å². The number of rotatable bonds is 5. The number of para-hydroxylation sites is 1. The van der Waals surface area contributed by atoms with Crippen LogP contribution >= 0.6 is 0 Å². The molecule has 1 rings (SSSR count). The van der Waals surface area contributed by atoms with Crippen LogP contribution in [0.4, 0.5) is 5.69 Å². The molecule has 0 saturated carbocycles. The van der Waals surface area contributed by atoms with Crippen LogP contribution < -0.4 is 10.6 Å². The third-order valence-electron chi connectivity index (χ3n) is 2.20. The van der Waals surface area contributed by atoms with E-state index in [1.807, 2.05) is 0 Å². The molecule has 1 aromatic carbocycles. The molecular weight excluding hydrogens is 260 g/mol. The lowest BCUT2D eigenvalue weighted by molar-refractivity contribution is -0.144. The Morgan fingerprint density at radius 3 is 2.65 bits per heavy atom. The average molecular weight is 274 g/mol. The van der Waals surface area contributed by atoms with Crippen LogP contribution in [-0.2, 0) is 14.3 Å². The first-order valence-electron chi connectivity index (χ1n) is 5.78. The van der Waals surface area contributed by atoms with Crippen LogP contribution in [0.1, 0.15) is 17.3 Å². The third kappa shape index (κ3) is 4.82. The van der Waals surface area contributed by atoms with Gasteiger partial charge in [0.15, 0.2) is 6.61 Å². The lowest BCUT2D eigenvalue weighted by atomic mass is 10.1. The standard InChI is InChI=1S/C14H14N2O4/c1-3-8-15-14(19)11-6-4-5-7-12(11)16-13(18)9-20-10(2)17/h1,4-7H,8-9H2,2H3,(H,15,19)(H,16,18). The highest BCUT2D eigenvalue weighted by molar-refractivity contribution is 6.04. The van der Waals surface area contributed by atoms with Gasteiger partial charge in [-0.1, -0.05) is 18.1 Å². The van der Waals surface area contributed by atoms with Crippen molar-refractivity contribution in [3.8, 4) is 12.3 Å². The number of hydrogen-bond donors (Lipinski definition) is 2. The van der Waals surface area contributed by atoms with Crippen molar-refractivity contribution in [3.05, 3.63) is 29.8 Å². The topological polar surface area (TPSA) is 84.5 Å². The van der Waals surface area contributed by atoms with Gasteiger partial charge in [0.2, 0.25) is 0 Å². The van der Waals surface area contributed by atoms with Gasteiger partial charge in [-0.2, -0.15) is 0 Å². The highest BCUT2D eigenvalue weighted by Crippen LogP contribution is 2.14. The number of anilines is 1. The van der Waals surface area contributed by atoms with Crippen molar-refractivity contribution >= 4 is 23.5 Å². The minimum atomic E-state index is -0.555. The maximum Gasteiger partial charge on any atom is 0.303 e. The van der Waals surface area contributed by atoms with Gasteiger partial charge in [0.25, 0.3) is 11.8 Å². The van der Waals surface area contributed by atoms with Crippen molar-refractivity contribution in [2.75, 3.05) is 18.5 Å². The number of nitrogens with one attached hydrogen (secondary N) is 2. The number of carbonyl (C=O) groups excluding carboxylic acids is 3. The van der Waals surface area contributed by atoms with Gasteiger partial charge in [-0.3, -0.25) is 14.4 Å². The van der Waals surface area contributed by atoms with E-state index in [0.29, 0.717) is 5.69 Å². The monoisotopic (exact) mass is 274 g/mol. The SMILES string of the molecule is C#CCNC(=O)c1ccccc1NC(=O)COC(C)=O. The molecular formula is C14H14N2O4. The number of terminal acetylenes is 1. The Hall–Kier alpha value is -2.81. The van der Waals surface area contributed by atoms with Gasteiger partial charge in [-0.25, -0.2) is 0 Å². The molecule has 2 amide bonds. The lowest BCUT2D eigenvalue weighted by Crippen LogP contribution is -2.26. The number of amides is 2. The molecule has 0 saturated heterocycles. The van der Waals surface area contributed by atoms with Crippen LogP contribution in [0.3, 0.4) is 0 Å². The summed E-state index contributed by atoms with van der Waals surface area (Å²) >= 11 is 0. The van der Waals surface area contributed by atoms with E-state index in [0.717, 1.165) is 0 Å². The first kappa shape index (κ1) is 15.2. The van der Waals surface area contributed by atoms with Gasteiger partial charge in [0.1, 0.15) is 0 Å². The van der Waals surface area contributed by atoms with E-state index in [1.54, 1.807) is 24.3 Å². The second-order valence-electron chi connectivity index (χ2n) is 3.76. The van der Waals surface area contributed by atoms with Crippen molar-refractivity contribution in [3.63, 3.8) is 0 Å². The number of carbonyl (C=O) groups is 3. The van der Waals surface area contributed by atoms with Crippen molar-refractivity contribution in [2.24, 2.45) is 0 Å². The molecule has 104 valence electrons. The highest BCUT2D eigenvalue weighted by atomic mass is 16.5. The lowest BCUT2D eigenvalue weighted by Gasteiger charge is -2.10. The molecule has 0 radical (unpaired) electrons. The fraction of sp³-hybridized carbons (Fsp3) is 0.214. The predicted octanol–water partition coefficient (Wildman–Crippen LogP) is 0.551. The van der Waals surface area contributed by atoms with E-state index in [9.17, 15) is 14.4 Å². The zero-order valence-electron chi connectivity index (χ0n) is 10.9. The summed E-state index contributed by atoms with van der Waals surface area (Å²) in [6.07, 6.45) is 5.06. The average Bonchev–Trinajstić information content (AvgIpc) is 2.43. The molecule has 2 N–H and O–H groups in total. The molecule has 0 aliphatic heterocycles. The quantitative estimate of drug-likeness (QED) is 0.606. The number of ether oxygens (including phenoxy) is 1. The Bertz CT molecular complexity index is 561. The molecule has 0 aromatic heterocycles. The highest BCUT2D eigenvalue weighted by Gasteiger charge is 2.12. The Balaban J connectivity index is 2.75. The molecule has 0 fully saturated rings. The Labute approximate surface area is 116 Å². The van der Waals surface area contributed by atoms with E-state index in [2.05, 4.69) is 21.3 Å². The van der Waals surface area contributed by atoms with E-state index < -0.39 is 24.4 Å². The molecule has 0 aliphatic carbocycles. The van der Waals surface area contributed by atoms with Crippen molar-refractivity contribution in [1.82, 2.24) is 5.32 Å². The van der Waals surface area contributed by atoms with E-state index in [-0.39, 0.29) is 12.1 Å². The first-order chi connectivity index (χ1) is 9.54. The van der Waals surface area contributed by atoms with Crippen LogP contribution in [0.25, 0.3) is 0 Å². The number of esters is 1. The number of hydrogen-bond acceptors (Lipinski definition) is 4. The van der Waals surface area contributed by atoms with Crippen LogP contribution in [0, 0.1) is 12.3 Å². The summed E-state index contributed by atoms with van der Waals surface area (Å²) in [7, 11) is 0. The Morgan fingerprint density at radius 2 is 2.00 bits per heavy atom. The fourth-order valence-electron chi connectivity index (χ4n) is 1.37. The molecule has 0 unspecified atom stereocenters. The molecule has 6 nitrogen and oxygen atoms in total. The van der Waals surface area contributed by atoms with Crippen molar-refractivity contribution < 1.29 is 19.1 Å². The zero-order chi connectivity index (χ0) is 15.0. The van der Waals surface area contributed by atoms with Gasteiger partial charge < -0.3 is 15.4 Å². The first-order valence-corrected chi connectivity index (χ1v) is 5.78. The van der Waals surface area contributed by atoms with Gasteiger partial charge in [-0.15, -0.1) is 6.42 Å². The summed E-state index contributed by atoms with van der Waals surface area (Å²) in [5, 5.41) is 5.00. The summed E-state index contributed by atoms with van der Waals surface area (Å²) in [6, 6.07) is 6.44. The minimum absolute atomic E-state index is 0.0918. The zero-order valence-corrected chi connectivity index (χ0v) is 10.9. The van der Waals surface area contributed by atoms with E-state index in [4.69, 9.17) is 6.42 Å². The molecule has 0 bridgehead atoms. The summed E-state index contributed by atoms with van der Waals surface area (Å²) in [5.74, 6) is 0.802. The van der Waals surface area contributed by atoms with Gasteiger partial charge in [-0.05, 0) is 12.1 Å². The van der Waals surface area contributed by atoms with Gasteiger partial charge >= 0.3 is 5.97 Å². The summed E-state index contributed by atoms with van der Waals surface area (Å²) in [6.45, 7) is 0.888. The summed E-state index contributed by atoms with van der Waals surface area (Å²) in [5.41, 5.74) is 0.595. The Morgan fingerprint density at radius 1 is 1.30 bits per heavy atom. The van der Waals surface area contributed by atoms with E-state index in [1.165, 1.54) is 6.92 Å². The smallest absolute Gasteiger partial charge is 0.303 e. The second kappa shape index (κ2) is 7.59. The predicted molar refractivity (Wildman–Crippen MR) is 72.9 cm³/mol. The fourth-order valence-corrected chi connectivity index (χ4v) is 1.37. The van der Waals surface area contributed by atoms with Crippen LogP contribution in [0.5, 0.6) is 0 Å². The normalized spacial score (nSPS) is 9.20.